The molecule has 0 bridgehead atoms. The Morgan fingerprint density at radius 2 is 1.80 bits per heavy atom. The Bertz CT molecular complexity index is 904. The van der Waals surface area contributed by atoms with E-state index in [-0.39, 0.29) is 41.0 Å². The monoisotopic (exact) mass is 416 g/mol. The van der Waals surface area contributed by atoms with Crippen LogP contribution in [0.25, 0.3) is 0 Å². The largest absolute Gasteiger partial charge is 0.431 e. The highest BCUT2D eigenvalue weighted by Gasteiger charge is 2.73. The van der Waals surface area contributed by atoms with Crippen molar-refractivity contribution >= 4 is 5.78 Å². The number of Topliss-reactive ketones (excluding diaryl/α,β-unsaturated/α-hetero) is 1. The number of ketones is 1. The first kappa shape index (κ1) is 20.4. The van der Waals surface area contributed by atoms with Gasteiger partial charge in [0.05, 0.1) is 23.4 Å². The first-order valence-electron chi connectivity index (χ1n) is 11.3. The minimum atomic E-state index is -1.20. The van der Waals surface area contributed by atoms with Gasteiger partial charge in [-0.1, -0.05) is 6.92 Å². The molecule has 30 heavy (non-hydrogen) atoms. The fraction of sp³-hybridized carbons (Fsp3) is 0.750. The molecule has 9 atom stereocenters. The molecule has 0 spiro atoms. The molecule has 6 nitrogen and oxygen atoms in total. The Labute approximate surface area is 176 Å². The summed E-state index contributed by atoms with van der Waals surface area (Å²) in [5, 5.41) is 33.7. The zero-order valence-corrected chi connectivity index (χ0v) is 17.7. The molecule has 0 unspecified atom stereocenters. The normalized spacial score (nSPS) is 50.5. The molecule has 0 aliphatic heterocycles. The Balaban J connectivity index is 1.58. The Morgan fingerprint density at radius 1 is 1.03 bits per heavy atom. The van der Waals surface area contributed by atoms with Crippen molar-refractivity contribution < 1.29 is 24.5 Å². The molecule has 3 N–H and O–H groups in total. The van der Waals surface area contributed by atoms with E-state index >= 15 is 0 Å². The van der Waals surface area contributed by atoms with Crippen LogP contribution in [0.5, 0.6) is 0 Å². The van der Waals surface area contributed by atoms with Crippen molar-refractivity contribution in [3.8, 4) is 0 Å². The van der Waals surface area contributed by atoms with E-state index in [0.29, 0.717) is 25.7 Å². The SMILES string of the molecule is C[C@]12CC[C@H](O)C[C@H]1CC[C@@H]1[C@H]2[C@H](O)C(=O)[C@]2(C)[C@@H](c3ccc(=O)oc3)CC[C@]12O. The molecule has 0 amide bonds. The van der Waals surface area contributed by atoms with Crippen LogP contribution in [0, 0.1) is 28.6 Å². The van der Waals surface area contributed by atoms with Gasteiger partial charge in [-0.15, -0.1) is 0 Å². The molecule has 0 saturated heterocycles. The van der Waals surface area contributed by atoms with Crippen LogP contribution in [0.15, 0.2) is 27.6 Å². The number of rotatable bonds is 1. The Hall–Kier alpha value is -1.50. The second-order valence-electron chi connectivity index (χ2n) is 10.8. The Kier molecular flexibility index (Phi) is 4.42. The summed E-state index contributed by atoms with van der Waals surface area (Å²) in [5.74, 6) is -0.769. The summed E-state index contributed by atoms with van der Waals surface area (Å²) in [5.41, 5.74) is -2.29. The third kappa shape index (κ3) is 2.41. The molecule has 4 fully saturated rings. The van der Waals surface area contributed by atoms with Crippen LogP contribution in [0.1, 0.15) is 70.3 Å². The highest BCUT2D eigenvalue weighted by Crippen LogP contribution is 2.69. The molecule has 5 rings (SSSR count). The maximum atomic E-state index is 13.8. The van der Waals surface area contributed by atoms with Gasteiger partial charge in [0, 0.05) is 17.9 Å². The van der Waals surface area contributed by atoms with Crippen LogP contribution in [0.2, 0.25) is 0 Å². The molecule has 4 saturated carbocycles. The van der Waals surface area contributed by atoms with Crippen molar-refractivity contribution in [1.29, 1.82) is 0 Å². The van der Waals surface area contributed by atoms with E-state index in [1.54, 1.807) is 13.0 Å². The van der Waals surface area contributed by atoms with Crippen LogP contribution >= 0.6 is 0 Å². The van der Waals surface area contributed by atoms with Crippen molar-refractivity contribution in [2.75, 3.05) is 0 Å². The van der Waals surface area contributed by atoms with Gasteiger partial charge >= 0.3 is 5.63 Å². The predicted octanol–water partition coefficient (Wildman–Crippen LogP) is 2.39. The van der Waals surface area contributed by atoms with E-state index in [1.165, 1.54) is 12.3 Å². The van der Waals surface area contributed by atoms with Gasteiger partial charge in [0.15, 0.2) is 5.78 Å². The van der Waals surface area contributed by atoms with Gasteiger partial charge < -0.3 is 19.7 Å². The average molecular weight is 417 g/mol. The summed E-state index contributed by atoms with van der Waals surface area (Å²) < 4.78 is 5.06. The minimum absolute atomic E-state index is 0.160. The number of hydrogen-bond acceptors (Lipinski definition) is 6. The van der Waals surface area contributed by atoms with E-state index in [9.17, 15) is 24.9 Å². The standard InChI is InChI=1S/C24H32O6/c1-22-9-7-15(25)11-14(22)4-5-17-19(22)20(27)21(28)23(2)16(8-10-24(17,23)29)13-3-6-18(26)30-12-13/h3,6,12,14-17,19-20,25,27,29H,4-5,7-11H2,1-2H3/t14-,15+,16-,17-,19+,20+,22+,23+,24+/m1/s1. The topological polar surface area (TPSA) is 108 Å². The summed E-state index contributed by atoms with van der Waals surface area (Å²) in [6.07, 6.45) is 4.88. The highest BCUT2D eigenvalue weighted by molar-refractivity contribution is 5.93. The van der Waals surface area contributed by atoms with Crippen molar-refractivity contribution in [2.24, 2.45) is 28.6 Å². The van der Waals surface area contributed by atoms with Gasteiger partial charge in [-0.3, -0.25) is 4.79 Å². The third-order valence-electron chi connectivity index (χ3n) is 9.80. The van der Waals surface area contributed by atoms with Crippen LogP contribution in [0.3, 0.4) is 0 Å². The molecule has 6 heteroatoms. The van der Waals surface area contributed by atoms with Gasteiger partial charge in [0.2, 0.25) is 0 Å². The predicted molar refractivity (Wildman–Crippen MR) is 109 cm³/mol. The Morgan fingerprint density at radius 3 is 2.50 bits per heavy atom. The van der Waals surface area contributed by atoms with Crippen LogP contribution in [-0.2, 0) is 4.79 Å². The van der Waals surface area contributed by atoms with E-state index in [2.05, 4.69) is 6.92 Å². The van der Waals surface area contributed by atoms with Crippen LogP contribution in [-0.4, -0.2) is 38.9 Å². The van der Waals surface area contributed by atoms with E-state index in [4.69, 9.17) is 4.42 Å². The molecule has 1 aromatic heterocycles. The molecule has 0 radical (unpaired) electrons. The average Bonchev–Trinajstić information content (AvgIpc) is 3.00. The first-order valence-corrected chi connectivity index (χ1v) is 11.3. The molecule has 164 valence electrons. The number of aliphatic hydroxyl groups is 3. The van der Waals surface area contributed by atoms with Gasteiger partial charge in [-0.2, -0.15) is 0 Å². The van der Waals surface area contributed by atoms with Gasteiger partial charge in [0.25, 0.3) is 0 Å². The smallest absolute Gasteiger partial charge is 0.335 e. The zero-order chi connectivity index (χ0) is 21.5. The number of carbonyl (C=O) groups excluding carboxylic acids is 1. The maximum absolute atomic E-state index is 13.8. The molecule has 4 aliphatic rings. The van der Waals surface area contributed by atoms with Crippen LogP contribution in [0.4, 0.5) is 0 Å². The summed E-state index contributed by atoms with van der Waals surface area (Å²) >= 11 is 0. The van der Waals surface area contributed by atoms with E-state index in [1.807, 2.05) is 0 Å². The molecule has 0 aromatic carbocycles. The third-order valence-corrected chi connectivity index (χ3v) is 9.80. The number of fused-ring (bicyclic) bond motifs is 5. The minimum Gasteiger partial charge on any atom is -0.431 e. The van der Waals surface area contributed by atoms with Crippen molar-refractivity contribution in [2.45, 2.75) is 82.5 Å². The second kappa shape index (κ2) is 6.50. The lowest BCUT2D eigenvalue weighted by Gasteiger charge is -2.64. The lowest BCUT2D eigenvalue weighted by molar-refractivity contribution is -0.228. The lowest BCUT2D eigenvalue weighted by Crippen LogP contribution is -2.70. The quantitative estimate of drug-likeness (QED) is 0.649. The fourth-order valence-electron chi connectivity index (χ4n) is 8.13. The summed E-state index contributed by atoms with van der Waals surface area (Å²) in [7, 11) is 0. The molecule has 1 heterocycles. The number of aliphatic hydroxyl groups excluding tert-OH is 2. The fourth-order valence-corrected chi connectivity index (χ4v) is 8.13. The number of hydrogen-bond donors (Lipinski definition) is 3. The van der Waals surface area contributed by atoms with Gasteiger partial charge in [-0.25, -0.2) is 4.79 Å². The van der Waals surface area contributed by atoms with Crippen molar-refractivity contribution in [3.63, 3.8) is 0 Å². The van der Waals surface area contributed by atoms with E-state index in [0.717, 1.165) is 24.8 Å². The molecule has 4 aliphatic carbocycles. The lowest BCUT2D eigenvalue weighted by atomic mass is 9.42. The first-order chi connectivity index (χ1) is 14.1. The van der Waals surface area contributed by atoms with Crippen molar-refractivity contribution in [3.05, 3.63) is 34.4 Å². The molecular weight excluding hydrogens is 384 g/mol. The summed E-state index contributed by atoms with van der Waals surface area (Å²) in [6, 6.07) is 3.03. The zero-order valence-electron chi connectivity index (χ0n) is 17.7. The van der Waals surface area contributed by atoms with Gasteiger partial charge in [0.1, 0.15) is 6.10 Å². The number of carbonyl (C=O) groups is 1. The van der Waals surface area contributed by atoms with Crippen LogP contribution < -0.4 is 5.63 Å². The summed E-state index contributed by atoms with van der Waals surface area (Å²) in [6.45, 7) is 3.96. The molecular formula is C24H32O6. The van der Waals surface area contributed by atoms with Gasteiger partial charge in [-0.05, 0) is 80.8 Å². The maximum Gasteiger partial charge on any atom is 0.335 e. The highest BCUT2D eigenvalue weighted by atomic mass is 16.4. The van der Waals surface area contributed by atoms with Crippen molar-refractivity contribution in [1.82, 2.24) is 0 Å². The second-order valence-corrected chi connectivity index (χ2v) is 10.8. The molecule has 1 aromatic rings. The van der Waals surface area contributed by atoms with E-state index < -0.39 is 22.7 Å². The summed E-state index contributed by atoms with van der Waals surface area (Å²) in [4.78, 5) is 25.2.